The summed E-state index contributed by atoms with van der Waals surface area (Å²) in [6.07, 6.45) is 3.64. The second-order valence-corrected chi connectivity index (χ2v) is 5.66. The van der Waals surface area contributed by atoms with Gasteiger partial charge in [-0.25, -0.2) is 4.98 Å². The number of aromatic amines is 1. The van der Waals surface area contributed by atoms with E-state index in [1.165, 1.54) is 16.3 Å². The third-order valence-corrected chi connectivity index (χ3v) is 4.38. The van der Waals surface area contributed by atoms with Crippen LogP contribution in [0.4, 0.5) is 0 Å². The van der Waals surface area contributed by atoms with Crippen LogP contribution < -0.4 is 5.32 Å². The lowest BCUT2D eigenvalue weighted by molar-refractivity contribution is 0.662. The minimum absolute atomic E-state index is 0.315. The van der Waals surface area contributed by atoms with Crippen molar-refractivity contribution in [2.75, 3.05) is 12.8 Å². The zero-order valence-corrected chi connectivity index (χ0v) is 12.2. The van der Waals surface area contributed by atoms with Crippen molar-refractivity contribution in [1.82, 2.24) is 15.3 Å². The van der Waals surface area contributed by atoms with Crippen LogP contribution in [0.5, 0.6) is 0 Å². The predicted molar refractivity (Wildman–Crippen MR) is 85.1 cm³/mol. The summed E-state index contributed by atoms with van der Waals surface area (Å²) in [5.74, 6) is 0.947. The zero-order valence-electron chi connectivity index (χ0n) is 11.3. The molecule has 0 saturated heterocycles. The Morgan fingerprint density at radius 3 is 2.80 bits per heavy atom. The number of hydrogen-bond donors (Lipinski definition) is 2. The number of hydrogen-bond acceptors (Lipinski definition) is 3. The fourth-order valence-corrected chi connectivity index (χ4v) is 3.23. The molecule has 20 heavy (non-hydrogen) atoms. The topological polar surface area (TPSA) is 40.7 Å². The van der Waals surface area contributed by atoms with E-state index >= 15 is 0 Å². The van der Waals surface area contributed by atoms with Crippen molar-refractivity contribution in [2.24, 2.45) is 0 Å². The molecular formula is C16H17N3S. The fraction of sp³-hybridized carbons (Fsp3) is 0.188. The number of nitrogens with one attached hydrogen (secondary N) is 2. The molecule has 0 aliphatic rings. The Kier molecular flexibility index (Phi) is 4.04. The van der Waals surface area contributed by atoms with Crippen LogP contribution in [0.3, 0.4) is 0 Å². The average Bonchev–Trinajstić information content (AvgIpc) is 3.01. The van der Waals surface area contributed by atoms with Crippen LogP contribution in [0.15, 0.2) is 60.0 Å². The number of thioether (sulfide) groups is 1. The Bertz CT molecular complexity index is 679. The molecule has 0 aliphatic heterocycles. The Hall–Kier alpha value is -1.78. The van der Waals surface area contributed by atoms with Crippen LogP contribution >= 0.6 is 11.8 Å². The van der Waals surface area contributed by atoms with Gasteiger partial charge in [-0.3, -0.25) is 0 Å². The summed E-state index contributed by atoms with van der Waals surface area (Å²) < 4.78 is 0. The summed E-state index contributed by atoms with van der Waals surface area (Å²) in [6.45, 7) is 0. The van der Waals surface area contributed by atoms with Gasteiger partial charge in [0.2, 0.25) is 0 Å². The largest absolute Gasteiger partial charge is 0.340 e. The highest BCUT2D eigenvalue weighted by molar-refractivity contribution is 7.99. The number of fused-ring (bicyclic) bond motifs is 1. The van der Waals surface area contributed by atoms with Gasteiger partial charge < -0.3 is 10.3 Å². The van der Waals surface area contributed by atoms with Crippen molar-refractivity contribution in [2.45, 2.75) is 11.2 Å². The molecule has 1 heterocycles. The van der Waals surface area contributed by atoms with Gasteiger partial charge in [-0.15, -0.1) is 0 Å². The molecule has 0 amide bonds. The van der Waals surface area contributed by atoms with Crippen LogP contribution in [0.25, 0.3) is 10.8 Å². The van der Waals surface area contributed by atoms with E-state index in [1.807, 2.05) is 13.2 Å². The maximum Gasteiger partial charge on any atom is 0.165 e. The van der Waals surface area contributed by atoms with Gasteiger partial charge in [-0.2, -0.15) is 0 Å². The highest BCUT2D eigenvalue weighted by atomic mass is 32.2. The molecular weight excluding hydrogens is 266 g/mol. The number of H-pyrrole nitrogens is 1. The van der Waals surface area contributed by atoms with E-state index in [4.69, 9.17) is 0 Å². The lowest BCUT2D eigenvalue weighted by Crippen LogP contribution is -2.18. The van der Waals surface area contributed by atoms with E-state index in [0.29, 0.717) is 6.04 Å². The molecule has 3 rings (SSSR count). The van der Waals surface area contributed by atoms with Crippen LogP contribution in [-0.2, 0) is 0 Å². The van der Waals surface area contributed by atoms with Crippen molar-refractivity contribution in [3.05, 3.63) is 60.4 Å². The van der Waals surface area contributed by atoms with Gasteiger partial charge in [-0.05, 0) is 29.4 Å². The molecule has 0 radical (unpaired) electrons. The first-order valence-corrected chi connectivity index (χ1v) is 7.63. The van der Waals surface area contributed by atoms with Crippen LogP contribution in [0.2, 0.25) is 0 Å². The fourth-order valence-electron chi connectivity index (χ4n) is 2.26. The smallest absolute Gasteiger partial charge is 0.165 e. The molecule has 0 fully saturated rings. The van der Waals surface area contributed by atoms with Crippen LogP contribution in [0, 0.1) is 0 Å². The molecule has 0 saturated carbocycles. The van der Waals surface area contributed by atoms with E-state index < -0.39 is 0 Å². The molecule has 1 atom stereocenters. The lowest BCUT2D eigenvalue weighted by Gasteiger charge is -2.16. The molecule has 102 valence electrons. The van der Waals surface area contributed by atoms with Crippen LogP contribution in [0.1, 0.15) is 11.6 Å². The Labute approximate surface area is 122 Å². The van der Waals surface area contributed by atoms with Crippen molar-refractivity contribution in [3.63, 3.8) is 0 Å². The Morgan fingerprint density at radius 1 is 1.20 bits per heavy atom. The molecule has 2 N–H and O–H groups in total. The van der Waals surface area contributed by atoms with Gasteiger partial charge in [0.25, 0.3) is 0 Å². The van der Waals surface area contributed by atoms with Crippen LogP contribution in [-0.4, -0.2) is 22.8 Å². The van der Waals surface area contributed by atoms with Gasteiger partial charge in [0, 0.05) is 24.2 Å². The van der Waals surface area contributed by atoms with Gasteiger partial charge in [0.05, 0.1) is 0 Å². The minimum Gasteiger partial charge on any atom is -0.340 e. The molecule has 3 aromatic rings. The van der Waals surface area contributed by atoms with E-state index in [-0.39, 0.29) is 0 Å². The second-order valence-electron chi connectivity index (χ2n) is 4.65. The molecule has 4 heteroatoms. The average molecular weight is 283 g/mol. The highest BCUT2D eigenvalue weighted by Gasteiger charge is 2.11. The number of rotatable bonds is 5. The predicted octanol–water partition coefficient (Wildman–Crippen LogP) is 3.62. The van der Waals surface area contributed by atoms with Crippen molar-refractivity contribution in [1.29, 1.82) is 0 Å². The molecule has 0 spiro atoms. The third kappa shape index (κ3) is 2.86. The first-order chi connectivity index (χ1) is 9.86. The second kappa shape index (κ2) is 6.11. The molecule has 1 unspecified atom stereocenters. The summed E-state index contributed by atoms with van der Waals surface area (Å²) in [7, 11) is 2.00. The summed E-state index contributed by atoms with van der Waals surface area (Å²) in [5, 5.41) is 6.91. The Morgan fingerprint density at radius 2 is 2.05 bits per heavy atom. The number of aromatic nitrogens is 2. The van der Waals surface area contributed by atoms with E-state index in [2.05, 4.69) is 57.7 Å². The normalized spacial score (nSPS) is 12.7. The summed E-state index contributed by atoms with van der Waals surface area (Å²) in [5.41, 5.74) is 1.31. The summed E-state index contributed by atoms with van der Waals surface area (Å²) in [4.78, 5) is 7.37. The third-order valence-electron chi connectivity index (χ3n) is 3.38. The van der Waals surface area contributed by atoms with E-state index in [1.54, 1.807) is 18.0 Å². The van der Waals surface area contributed by atoms with Gasteiger partial charge >= 0.3 is 0 Å². The van der Waals surface area contributed by atoms with Crippen molar-refractivity contribution in [3.8, 4) is 0 Å². The van der Waals surface area contributed by atoms with Crippen molar-refractivity contribution >= 4 is 22.5 Å². The standard InChI is InChI=1S/C16H17N3S/c1-17-15(11-20-16-18-8-9-19-16)14-7-6-12-4-2-3-5-13(12)10-14/h2-10,15,17H,11H2,1H3,(H,18,19). The minimum atomic E-state index is 0.315. The molecule has 1 aromatic heterocycles. The van der Waals surface area contributed by atoms with Gasteiger partial charge in [0.15, 0.2) is 5.16 Å². The van der Waals surface area contributed by atoms with Gasteiger partial charge in [-0.1, -0.05) is 48.2 Å². The number of benzene rings is 2. The molecule has 2 aromatic carbocycles. The maximum absolute atomic E-state index is 4.25. The number of imidazole rings is 1. The lowest BCUT2D eigenvalue weighted by atomic mass is 10.0. The first kappa shape index (κ1) is 13.2. The van der Waals surface area contributed by atoms with E-state index in [9.17, 15) is 0 Å². The zero-order chi connectivity index (χ0) is 13.8. The SMILES string of the molecule is CNC(CSc1ncc[nH]1)c1ccc2ccccc2c1. The molecule has 3 nitrogen and oxygen atoms in total. The maximum atomic E-state index is 4.25. The number of nitrogens with zero attached hydrogens (tertiary/aromatic N) is 1. The van der Waals surface area contributed by atoms with Crippen molar-refractivity contribution < 1.29 is 0 Å². The first-order valence-electron chi connectivity index (χ1n) is 6.65. The highest BCUT2D eigenvalue weighted by Crippen LogP contribution is 2.25. The summed E-state index contributed by atoms with van der Waals surface area (Å²) >= 11 is 1.73. The quantitative estimate of drug-likeness (QED) is 0.703. The Balaban J connectivity index is 1.79. The van der Waals surface area contributed by atoms with E-state index in [0.717, 1.165) is 10.9 Å². The summed E-state index contributed by atoms with van der Waals surface area (Å²) in [6, 6.07) is 15.4. The van der Waals surface area contributed by atoms with Gasteiger partial charge in [0.1, 0.15) is 0 Å². The molecule has 0 bridgehead atoms. The monoisotopic (exact) mass is 283 g/mol. The molecule has 0 aliphatic carbocycles.